The number of hydrogen-bond donors (Lipinski definition) is 0. The monoisotopic (exact) mass is 449 g/mol. The zero-order valence-corrected chi connectivity index (χ0v) is 19.9. The summed E-state index contributed by atoms with van der Waals surface area (Å²) >= 11 is 0. The van der Waals surface area contributed by atoms with E-state index >= 15 is 0 Å². The number of benzene rings is 1. The molecule has 1 aliphatic rings. The van der Waals surface area contributed by atoms with Crippen LogP contribution >= 0.6 is 7.80 Å². The van der Waals surface area contributed by atoms with Crippen molar-refractivity contribution >= 4 is 20.4 Å². The van der Waals surface area contributed by atoms with E-state index in [-0.39, 0.29) is 18.7 Å². The minimum atomic E-state index is -1.83. The van der Waals surface area contributed by atoms with Gasteiger partial charge in [-0.1, -0.05) is 68.0 Å². The lowest BCUT2D eigenvalue weighted by Crippen LogP contribution is -2.29. The molecular weight excluding hydrogens is 411 g/mol. The zero-order valence-electron chi connectivity index (χ0n) is 19.0. The van der Waals surface area contributed by atoms with Gasteiger partial charge in [0.25, 0.3) is 5.85 Å². The standard InChI is InChI=1S/C25H38O5P/c1-20(2)25(29-18-9-16-26)30-24(31(28)19-17-27)15-14-23(21-10-5-3-6-11-21)22-12-7-4-8-13-22/h3,5-6,10-11,16-17,20,22-25H,4,7-9,12-15,18-19H2,1-2H3/q+1. The summed E-state index contributed by atoms with van der Waals surface area (Å²) in [6.45, 7) is 4.23. The van der Waals surface area contributed by atoms with Crippen LogP contribution in [0, 0.1) is 11.8 Å². The van der Waals surface area contributed by atoms with Gasteiger partial charge in [0.2, 0.25) is 6.16 Å². The van der Waals surface area contributed by atoms with E-state index in [1.54, 1.807) is 0 Å². The molecule has 1 aromatic carbocycles. The third-order valence-corrected chi connectivity index (χ3v) is 7.63. The van der Waals surface area contributed by atoms with E-state index < -0.39 is 19.9 Å². The Bertz CT molecular complexity index is 657. The molecule has 0 saturated heterocycles. The molecule has 0 aliphatic heterocycles. The maximum atomic E-state index is 12.8. The number of hydrogen-bond acceptors (Lipinski definition) is 5. The molecular formula is C25H38O5P+. The second-order valence-electron chi connectivity index (χ2n) is 8.79. The van der Waals surface area contributed by atoms with Crippen molar-refractivity contribution in [3.63, 3.8) is 0 Å². The van der Waals surface area contributed by atoms with Crippen molar-refractivity contribution in [3.8, 4) is 0 Å². The lowest BCUT2D eigenvalue weighted by Gasteiger charge is -2.31. The molecule has 4 unspecified atom stereocenters. The molecule has 0 radical (unpaired) electrons. The predicted molar refractivity (Wildman–Crippen MR) is 124 cm³/mol. The van der Waals surface area contributed by atoms with Gasteiger partial charge in [-0.05, 0) is 36.7 Å². The van der Waals surface area contributed by atoms with Crippen molar-refractivity contribution in [2.75, 3.05) is 12.8 Å². The molecule has 1 saturated carbocycles. The second-order valence-corrected chi connectivity index (χ2v) is 10.6. The largest absolute Gasteiger partial charge is 0.377 e. The van der Waals surface area contributed by atoms with Crippen LogP contribution in [0.4, 0.5) is 0 Å². The zero-order chi connectivity index (χ0) is 22.5. The molecule has 1 fully saturated rings. The molecule has 172 valence electrons. The average molecular weight is 450 g/mol. The molecule has 31 heavy (non-hydrogen) atoms. The fraction of sp³-hybridized carbons (Fsp3) is 0.680. The van der Waals surface area contributed by atoms with Gasteiger partial charge in [0, 0.05) is 18.8 Å². The quantitative estimate of drug-likeness (QED) is 0.140. The van der Waals surface area contributed by atoms with Gasteiger partial charge in [-0.15, -0.1) is 0 Å². The molecule has 2 rings (SSSR count). The summed E-state index contributed by atoms with van der Waals surface area (Å²) in [7, 11) is -1.83. The molecule has 6 heteroatoms. The van der Waals surface area contributed by atoms with E-state index in [2.05, 4.69) is 24.3 Å². The highest BCUT2D eigenvalue weighted by atomic mass is 31.1. The summed E-state index contributed by atoms with van der Waals surface area (Å²) in [5.74, 6) is 0.557. The number of carbonyl (C=O) groups is 2. The van der Waals surface area contributed by atoms with Crippen molar-refractivity contribution < 1.29 is 23.6 Å². The van der Waals surface area contributed by atoms with Crippen LogP contribution in [-0.4, -0.2) is 37.5 Å². The van der Waals surface area contributed by atoms with Crippen molar-refractivity contribution in [1.29, 1.82) is 0 Å². The molecule has 1 aromatic rings. The third kappa shape index (κ3) is 8.92. The highest BCUT2D eigenvalue weighted by Gasteiger charge is 2.36. The Kier molecular flexibility index (Phi) is 12.2. The maximum Gasteiger partial charge on any atom is 0.377 e. The normalized spacial score (nSPS) is 18.4. The highest BCUT2D eigenvalue weighted by molar-refractivity contribution is 7.46. The molecule has 4 atom stereocenters. The van der Waals surface area contributed by atoms with Gasteiger partial charge < -0.3 is 14.3 Å². The fourth-order valence-corrected chi connectivity index (χ4v) is 5.56. The van der Waals surface area contributed by atoms with Gasteiger partial charge in [-0.2, -0.15) is 0 Å². The van der Waals surface area contributed by atoms with Crippen LogP contribution in [0.1, 0.15) is 76.7 Å². The Balaban J connectivity index is 2.12. The van der Waals surface area contributed by atoms with E-state index in [0.717, 1.165) is 12.7 Å². The lowest BCUT2D eigenvalue weighted by atomic mass is 9.75. The summed E-state index contributed by atoms with van der Waals surface area (Å²) in [5, 5.41) is 0. The number of ether oxygens (including phenoxy) is 2. The minimum Gasteiger partial charge on any atom is -0.352 e. The molecule has 0 N–H and O–H groups in total. The first-order chi connectivity index (χ1) is 15.1. The first-order valence-electron chi connectivity index (χ1n) is 11.7. The molecule has 5 nitrogen and oxygen atoms in total. The van der Waals surface area contributed by atoms with Gasteiger partial charge in [0.05, 0.1) is 6.61 Å². The third-order valence-electron chi connectivity index (χ3n) is 6.10. The van der Waals surface area contributed by atoms with Gasteiger partial charge in [-0.3, -0.25) is 4.79 Å². The molecule has 0 amide bonds. The molecule has 1 aliphatic carbocycles. The van der Waals surface area contributed by atoms with Crippen molar-refractivity contribution in [2.45, 2.75) is 83.3 Å². The summed E-state index contributed by atoms with van der Waals surface area (Å²) in [4.78, 5) is 21.7. The van der Waals surface area contributed by atoms with E-state index in [9.17, 15) is 14.2 Å². The first-order valence-corrected chi connectivity index (χ1v) is 13.2. The van der Waals surface area contributed by atoms with Crippen LogP contribution in [0.3, 0.4) is 0 Å². The van der Waals surface area contributed by atoms with E-state index in [1.165, 1.54) is 37.7 Å². The summed E-state index contributed by atoms with van der Waals surface area (Å²) in [5.41, 5.74) is 1.33. The Labute approximate surface area is 188 Å². The van der Waals surface area contributed by atoms with Crippen LogP contribution in [0.25, 0.3) is 0 Å². The van der Waals surface area contributed by atoms with Crippen molar-refractivity contribution in [1.82, 2.24) is 0 Å². The number of carbonyl (C=O) groups excluding carboxylic acids is 2. The fourth-order valence-electron chi connectivity index (χ4n) is 4.48. The maximum absolute atomic E-state index is 12.8. The van der Waals surface area contributed by atoms with Crippen LogP contribution in [0.15, 0.2) is 30.3 Å². The Hall–Kier alpha value is -1.42. The molecule has 0 aromatic heterocycles. The topological polar surface area (TPSA) is 69.7 Å². The van der Waals surface area contributed by atoms with Crippen molar-refractivity contribution in [2.24, 2.45) is 11.8 Å². The van der Waals surface area contributed by atoms with Crippen LogP contribution in [-0.2, 0) is 23.6 Å². The summed E-state index contributed by atoms with van der Waals surface area (Å²) < 4.78 is 24.7. The van der Waals surface area contributed by atoms with E-state index in [1.807, 2.05) is 19.9 Å². The van der Waals surface area contributed by atoms with Gasteiger partial charge in [-0.25, -0.2) is 0 Å². The number of rotatable bonds is 15. The summed E-state index contributed by atoms with van der Waals surface area (Å²) in [6.07, 6.45) is 9.10. The smallest absolute Gasteiger partial charge is 0.352 e. The molecule has 0 heterocycles. The van der Waals surface area contributed by atoms with Crippen molar-refractivity contribution in [3.05, 3.63) is 35.9 Å². The summed E-state index contributed by atoms with van der Waals surface area (Å²) in [6, 6.07) is 10.6. The van der Waals surface area contributed by atoms with E-state index in [0.29, 0.717) is 31.0 Å². The van der Waals surface area contributed by atoms with Gasteiger partial charge in [0.15, 0.2) is 12.6 Å². The Morgan fingerprint density at radius 3 is 2.35 bits per heavy atom. The van der Waals surface area contributed by atoms with E-state index in [4.69, 9.17) is 9.47 Å². The Morgan fingerprint density at radius 1 is 1.03 bits per heavy atom. The average Bonchev–Trinajstić information content (AvgIpc) is 2.79. The molecule has 0 bridgehead atoms. The van der Waals surface area contributed by atoms with Crippen LogP contribution < -0.4 is 0 Å². The predicted octanol–water partition coefficient (Wildman–Crippen LogP) is 6.09. The van der Waals surface area contributed by atoms with Gasteiger partial charge in [0.1, 0.15) is 6.29 Å². The second kappa shape index (κ2) is 14.6. The SMILES string of the molecule is CC(C)C(OCCC=O)OC(CCC(c1ccccc1)C1CCCCC1)[P+](=O)CC=O. The lowest BCUT2D eigenvalue weighted by molar-refractivity contribution is -0.176. The van der Waals surface area contributed by atoms with Gasteiger partial charge >= 0.3 is 7.80 Å². The van der Waals surface area contributed by atoms with Crippen LogP contribution in [0.5, 0.6) is 0 Å². The minimum absolute atomic E-state index is 0.00140. The highest BCUT2D eigenvalue weighted by Crippen LogP contribution is 2.42. The number of aldehydes is 2. The Morgan fingerprint density at radius 2 is 1.74 bits per heavy atom. The first kappa shape index (κ1) is 25.8. The molecule has 0 spiro atoms. The van der Waals surface area contributed by atoms with Crippen LogP contribution in [0.2, 0.25) is 0 Å².